The Morgan fingerprint density at radius 2 is 2.24 bits per heavy atom. The molecule has 0 radical (unpaired) electrons. The van der Waals surface area contributed by atoms with Crippen LogP contribution in [0, 0.1) is 0 Å². The highest BCUT2D eigenvalue weighted by Gasteiger charge is 2.10. The fourth-order valence-corrected chi connectivity index (χ4v) is 1.30. The van der Waals surface area contributed by atoms with Crippen molar-refractivity contribution >= 4 is 11.6 Å². The van der Waals surface area contributed by atoms with Crippen LogP contribution in [0.25, 0.3) is 0 Å². The number of rotatable bonds is 6. The first-order valence-electron chi connectivity index (χ1n) is 5.96. The van der Waals surface area contributed by atoms with Gasteiger partial charge in [-0.05, 0) is 25.0 Å². The maximum absolute atomic E-state index is 11.6. The van der Waals surface area contributed by atoms with Crippen molar-refractivity contribution in [1.29, 1.82) is 0 Å². The molecule has 1 rings (SSSR count). The first-order chi connectivity index (χ1) is 8.17. The van der Waals surface area contributed by atoms with Crippen molar-refractivity contribution in [3.8, 4) is 5.75 Å². The normalized spacial score (nSPS) is 11.9. The van der Waals surface area contributed by atoms with Gasteiger partial charge in [0.05, 0.1) is 12.6 Å². The molecule has 0 unspecified atom stereocenters. The second-order valence-corrected chi connectivity index (χ2v) is 3.88. The minimum Gasteiger partial charge on any atom is -0.494 e. The number of nitrogens with one attached hydrogen (secondary N) is 1. The van der Waals surface area contributed by atoms with Crippen LogP contribution in [-0.2, 0) is 4.79 Å². The van der Waals surface area contributed by atoms with E-state index in [0.717, 1.165) is 12.2 Å². The molecule has 0 saturated heterocycles. The number of carbonyl (C=O) groups is 1. The molecule has 0 bridgehead atoms. The van der Waals surface area contributed by atoms with Crippen LogP contribution < -0.4 is 15.8 Å². The SMILES string of the molecule is CCCOc1cccc(NC(=O)[C@H](N)CC)c1. The van der Waals surface area contributed by atoms with Crippen LogP contribution in [0.15, 0.2) is 24.3 Å². The van der Waals surface area contributed by atoms with Gasteiger partial charge in [-0.1, -0.05) is 19.9 Å². The molecule has 3 N–H and O–H groups in total. The van der Waals surface area contributed by atoms with E-state index in [4.69, 9.17) is 10.5 Å². The van der Waals surface area contributed by atoms with Gasteiger partial charge >= 0.3 is 0 Å². The Morgan fingerprint density at radius 1 is 1.47 bits per heavy atom. The summed E-state index contributed by atoms with van der Waals surface area (Å²) < 4.78 is 5.48. The average Bonchev–Trinajstić information content (AvgIpc) is 2.35. The Hall–Kier alpha value is -1.55. The van der Waals surface area contributed by atoms with Gasteiger partial charge in [-0.15, -0.1) is 0 Å². The molecule has 1 aromatic rings. The number of hydrogen-bond donors (Lipinski definition) is 2. The fourth-order valence-electron chi connectivity index (χ4n) is 1.30. The zero-order valence-electron chi connectivity index (χ0n) is 10.4. The molecule has 1 amide bonds. The Balaban J connectivity index is 2.62. The van der Waals surface area contributed by atoms with Gasteiger partial charge in [0.1, 0.15) is 5.75 Å². The van der Waals surface area contributed by atoms with E-state index in [2.05, 4.69) is 5.32 Å². The van der Waals surface area contributed by atoms with Crippen LogP contribution in [0.5, 0.6) is 5.75 Å². The molecule has 0 fully saturated rings. The van der Waals surface area contributed by atoms with Crippen molar-refractivity contribution in [3.63, 3.8) is 0 Å². The molecule has 1 aromatic carbocycles. The highest BCUT2D eigenvalue weighted by molar-refractivity contribution is 5.94. The van der Waals surface area contributed by atoms with Gasteiger partial charge in [0.25, 0.3) is 0 Å². The van der Waals surface area contributed by atoms with Crippen LogP contribution in [0.3, 0.4) is 0 Å². The summed E-state index contributed by atoms with van der Waals surface area (Å²) in [6, 6.07) is 6.87. The molecule has 4 heteroatoms. The summed E-state index contributed by atoms with van der Waals surface area (Å²) in [5, 5.41) is 2.77. The summed E-state index contributed by atoms with van der Waals surface area (Å²) in [6.07, 6.45) is 1.58. The predicted molar refractivity (Wildman–Crippen MR) is 69.1 cm³/mol. The average molecular weight is 236 g/mol. The molecule has 0 aliphatic heterocycles. The molecular weight excluding hydrogens is 216 g/mol. The molecule has 4 nitrogen and oxygen atoms in total. The topological polar surface area (TPSA) is 64.3 Å². The summed E-state index contributed by atoms with van der Waals surface area (Å²) in [6.45, 7) is 4.60. The minimum atomic E-state index is -0.463. The summed E-state index contributed by atoms with van der Waals surface area (Å²) in [5.74, 6) is 0.592. The zero-order chi connectivity index (χ0) is 12.7. The second kappa shape index (κ2) is 6.91. The van der Waals surface area contributed by atoms with Crippen LogP contribution in [-0.4, -0.2) is 18.6 Å². The number of carbonyl (C=O) groups excluding carboxylic acids is 1. The molecule has 0 aliphatic rings. The summed E-state index contributed by atoms with van der Waals surface area (Å²) in [7, 11) is 0. The smallest absolute Gasteiger partial charge is 0.241 e. The maximum atomic E-state index is 11.6. The Bertz CT molecular complexity index is 366. The molecule has 1 atom stereocenters. The van der Waals surface area contributed by atoms with Crippen LogP contribution in [0.2, 0.25) is 0 Å². The second-order valence-electron chi connectivity index (χ2n) is 3.88. The molecule has 0 saturated carbocycles. The van der Waals surface area contributed by atoms with Gasteiger partial charge in [-0.2, -0.15) is 0 Å². The lowest BCUT2D eigenvalue weighted by molar-refractivity contribution is -0.117. The summed E-state index contributed by atoms with van der Waals surface area (Å²) >= 11 is 0. The fraction of sp³-hybridized carbons (Fsp3) is 0.462. The largest absolute Gasteiger partial charge is 0.494 e. The first kappa shape index (κ1) is 13.5. The number of benzene rings is 1. The van der Waals surface area contributed by atoms with E-state index in [0.29, 0.717) is 18.7 Å². The van der Waals surface area contributed by atoms with Crippen molar-refractivity contribution in [2.45, 2.75) is 32.7 Å². The minimum absolute atomic E-state index is 0.167. The predicted octanol–water partition coefficient (Wildman–Crippen LogP) is 2.15. The van der Waals surface area contributed by atoms with Gasteiger partial charge in [0.15, 0.2) is 0 Å². The van der Waals surface area contributed by atoms with Crippen molar-refractivity contribution in [1.82, 2.24) is 0 Å². The Kier molecular flexibility index (Phi) is 5.49. The third-order valence-electron chi connectivity index (χ3n) is 2.35. The number of ether oxygens (including phenoxy) is 1. The van der Waals surface area contributed by atoms with Gasteiger partial charge in [-0.25, -0.2) is 0 Å². The molecular formula is C13H20N2O2. The molecule has 0 spiro atoms. The highest BCUT2D eigenvalue weighted by atomic mass is 16.5. The van der Waals surface area contributed by atoms with E-state index in [-0.39, 0.29) is 5.91 Å². The van der Waals surface area contributed by atoms with Crippen LogP contribution in [0.4, 0.5) is 5.69 Å². The Labute approximate surface area is 102 Å². The Morgan fingerprint density at radius 3 is 2.88 bits per heavy atom. The highest BCUT2D eigenvalue weighted by Crippen LogP contribution is 2.17. The maximum Gasteiger partial charge on any atom is 0.241 e. The van der Waals surface area contributed by atoms with E-state index in [1.54, 1.807) is 6.07 Å². The van der Waals surface area contributed by atoms with Crippen molar-refractivity contribution in [3.05, 3.63) is 24.3 Å². The lowest BCUT2D eigenvalue weighted by atomic mass is 10.2. The number of nitrogens with two attached hydrogens (primary N) is 1. The van der Waals surface area contributed by atoms with E-state index in [1.807, 2.05) is 32.0 Å². The summed E-state index contributed by atoms with van der Waals surface area (Å²) in [4.78, 5) is 11.6. The standard InChI is InChI=1S/C13H20N2O2/c1-3-8-17-11-7-5-6-10(9-11)15-13(16)12(14)4-2/h5-7,9,12H,3-4,8,14H2,1-2H3,(H,15,16)/t12-/m1/s1. The molecule has 94 valence electrons. The van der Waals surface area contributed by atoms with E-state index < -0.39 is 6.04 Å². The van der Waals surface area contributed by atoms with E-state index in [1.165, 1.54) is 0 Å². The lowest BCUT2D eigenvalue weighted by Crippen LogP contribution is -2.34. The monoisotopic (exact) mass is 236 g/mol. The van der Waals surface area contributed by atoms with E-state index in [9.17, 15) is 4.79 Å². The quantitative estimate of drug-likeness (QED) is 0.795. The zero-order valence-corrected chi connectivity index (χ0v) is 10.4. The van der Waals surface area contributed by atoms with Crippen LogP contribution >= 0.6 is 0 Å². The van der Waals surface area contributed by atoms with Crippen molar-refractivity contribution in [2.75, 3.05) is 11.9 Å². The number of anilines is 1. The third kappa shape index (κ3) is 4.44. The van der Waals surface area contributed by atoms with Crippen LogP contribution in [0.1, 0.15) is 26.7 Å². The van der Waals surface area contributed by atoms with Crippen molar-refractivity contribution < 1.29 is 9.53 Å². The van der Waals surface area contributed by atoms with Gasteiger partial charge in [0.2, 0.25) is 5.91 Å². The van der Waals surface area contributed by atoms with Crippen molar-refractivity contribution in [2.24, 2.45) is 5.73 Å². The number of amides is 1. The molecule has 0 heterocycles. The lowest BCUT2D eigenvalue weighted by Gasteiger charge is -2.11. The van der Waals surface area contributed by atoms with Gasteiger partial charge in [0, 0.05) is 11.8 Å². The molecule has 17 heavy (non-hydrogen) atoms. The van der Waals surface area contributed by atoms with E-state index >= 15 is 0 Å². The molecule has 0 aromatic heterocycles. The van der Waals surface area contributed by atoms with Gasteiger partial charge < -0.3 is 15.8 Å². The first-order valence-corrected chi connectivity index (χ1v) is 5.96. The van der Waals surface area contributed by atoms with Gasteiger partial charge in [-0.3, -0.25) is 4.79 Å². The third-order valence-corrected chi connectivity index (χ3v) is 2.35. The summed E-state index contributed by atoms with van der Waals surface area (Å²) in [5.41, 5.74) is 6.35. The number of hydrogen-bond acceptors (Lipinski definition) is 3. The molecule has 0 aliphatic carbocycles.